The zero-order valence-electron chi connectivity index (χ0n) is 41.4. The van der Waals surface area contributed by atoms with Crippen LogP contribution in [0.1, 0.15) is 89.6 Å². The summed E-state index contributed by atoms with van der Waals surface area (Å²) in [5.41, 5.74) is 8.68. The molecule has 70 heavy (non-hydrogen) atoms. The number of nitrogens with one attached hydrogen (secondary N) is 3. The van der Waals surface area contributed by atoms with E-state index in [4.69, 9.17) is 19.4 Å². The van der Waals surface area contributed by atoms with Gasteiger partial charge >= 0.3 is 12.0 Å². The molecule has 6 bridgehead atoms. The molecule has 3 N–H and O–H groups in total. The molecule has 1 aromatic carbocycles. The van der Waals surface area contributed by atoms with E-state index < -0.39 is 46.7 Å². The highest BCUT2D eigenvalue weighted by atomic mass is 32.1. The summed E-state index contributed by atoms with van der Waals surface area (Å²) >= 11 is 1.41. The number of pyridine rings is 1. The number of likely N-dealkylation sites (N-methyl/N-ethyl adjacent to an activating group) is 1. The van der Waals surface area contributed by atoms with Gasteiger partial charge < -0.3 is 34.5 Å². The third-order valence-corrected chi connectivity index (χ3v) is 14.6. The standard InChI is InChI=1S/C48H63N9O7S.5H2S/c1-9-56-37-15-14-30-22-32(37)33(41(56)31-12-10-18-49-39(31)29(4)63-8)24-47(5,6)27-64-44(60)34-13-11-20-57(53-34)43(59)35(23-38-51-36(30)25-65-38)52-42(58)40(28(2)3)54(7)46(62)55-21-17-48(26-55)16-19-50-45(48)61;;;;;/h10,12,14-15,18,22,25,28-29,34-35,40,53H,9,11,13,16-17,19-21,23-24,26-27H2,1-8H3,(H,50,61)(H,52,58);5*1H2/t29-,34-,35-,40-,48-;;;;;/m0...../s1. The quantitative estimate of drug-likeness (QED) is 0.176. The zero-order valence-corrected chi connectivity index (χ0v) is 47.2. The van der Waals surface area contributed by atoms with E-state index in [1.165, 1.54) is 21.2 Å². The molecule has 3 fully saturated rings. The van der Waals surface area contributed by atoms with Crippen molar-refractivity contribution in [2.24, 2.45) is 16.7 Å². The topological polar surface area (TPSA) is 180 Å². The summed E-state index contributed by atoms with van der Waals surface area (Å²) < 4.78 is 14.2. The average molecular weight is 1080 g/mol. The van der Waals surface area contributed by atoms with Crippen LogP contribution in [0.4, 0.5) is 4.79 Å². The third kappa shape index (κ3) is 12.1. The summed E-state index contributed by atoms with van der Waals surface area (Å²) in [5, 5.41) is 11.0. The van der Waals surface area contributed by atoms with Crippen LogP contribution in [-0.4, -0.2) is 124 Å². The number of cyclic esters (lactones) is 1. The zero-order chi connectivity index (χ0) is 46.4. The van der Waals surface area contributed by atoms with Gasteiger partial charge in [-0.1, -0.05) is 33.8 Å². The lowest BCUT2D eigenvalue weighted by molar-refractivity contribution is -0.155. The number of methoxy groups -OCH3 is 1. The van der Waals surface area contributed by atoms with Crippen molar-refractivity contribution in [2.45, 2.75) is 111 Å². The molecule has 388 valence electrons. The van der Waals surface area contributed by atoms with Gasteiger partial charge in [0.25, 0.3) is 5.91 Å². The maximum atomic E-state index is 14.6. The predicted molar refractivity (Wildman–Crippen MR) is 299 cm³/mol. The number of thiazole rings is 1. The highest BCUT2D eigenvalue weighted by Gasteiger charge is 2.50. The Bertz CT molecular complexity index is 2500. The average Bonchev–Trinajstić information content (AvgIpc) is 4.10. The number of urea groups is 1. The van der Waals surface area contributed by atoms with E-state index in [-0.39, 0.29) is 104 Å². The number of esters is 1. The van der Waals surface area contributed by atoms with Crippen LogP contribution in [0, 0.1) is 16.7 Å². The van der Waals surface area contributed by atoms with E-state index in [0.29, 0.717) is 69.8 Å². The van der Waals surface area contributed by atoms with Crippen molar-refractivity contribution >= 4 is 119 Å². The number of hydrazine groups is 1. The third-order valence-electron chi connectivity index (χ3n) is 13.8. The fourth-order valence-electron chi connectivity index (χ4n) is 10.2. The molecule has 3 saturated heterocycles. The van der Waals surface area contributed by atoms with Crippen LogP contribution in [0.25, 0.3) is 33.4 Å². The number of carbonyl (C=O) groups excluding carboxylic acids is 5. The Balaban J connectivity index is 0.00000259. The number of hydrogen-bond donors (Lipinski definition) is 3. The Morgan fingerprint density at radius 2 is 1.80 bits per heavy atom. The SMILES string of the molecule is CCn1c(-c2cccnc2[C@H](C)OC)c2c3cc(ccc31)-c1csc(n1)C[C@H](NC(=O)[C@H](C(C)C)N(C)C(=O)N1CC[C@@]3(CCNC3=O)C1)C(=O)N1CCC[C@H](N1)C(=O)OCC(C)(C)C2.S.S.S.S.S. The smallest absolute Gasteiger partial charge is 0.324 e. The summed E-state index contributed by atoms with van der Waals surface area (Å²) in [6.07, 6.45) is 4.44. The Morgan fingerprint density at radius 1 is 1.06 bits per heavy atom. The van der Waals surface area contributed by atoms with Crippen LogP contribution in [0.2, 0.25) is 0 Å². The molecule has 4 aromatic rings. The van der Waals surface area contributed by atoms with Crippen molar-refractivity contribution in [1.29, 1.82) is 0 Å². The number of benzene rings is 1. The molecule has 7 heterocycles. The van der Waals surface area contributed by atoms with Crippen molar-refractivity contribution in [3.63, 3.8) is 0 Å². The first kappa shape index (κ1) is 60.7. The van der Waals surface area contributed by atoms with Crippen molar-refractivity contribution in [3.8, 4) is 22.5 Å². The van der Waals surface area contributed by atoms with Crippen LogP contribution in [0.3, 0.4) is 0 Å². The van der Waals surface area contributed by atoms with E-state index in [1.807, 2.05) is 32.2 Å². The molecule has 0 aliphatic carbocycles. The summed E-state index contributed by atoms with van der Waals surface area (Å²) in [6.45, 7) is 14.5. The number of carbonyl (C=O) groups is 5. The summed E-state index contributed by atoms with van der Waals surface area (Å²) in [6, 6.07) is 7.28. The van der Waals surface area contributed by atoms with Crippen molar-refractivity contribution in [2.75, 3.05) is 46.9 Å². The highest BCUT2D eigenvalue weighted by Crippen LogP contribution is 2.42. The molecule has 1 spiro atoms. The molecule has 22 heteroatoms. The minimum atomic E-state index is -1.08. The summed E-state index contributed by atoms with van der Waals surface area (Å²) in [5.74, 6) is -1.71. The van der Waals surface area contributed by atoms with Gasteiger partial charge in [0.15, 0.2) is 0 Å². The van der Waals surface area contributed by atoms with E-state index in [2.05, 4.69) is 65.7 Å². The van der Waals surface area contributed by atoms with Gasteiger partial charge in [0, 0.05) is 92.3 Å². The lowest BCUT2D eigenvalue weighted by Crippen LogP contribution is -2.62. The molecule has 5 atom stereocenters. The second-order valence-electron chi connectivity index (χ2n) is 19.3. The minimum Gasteiger partial charge on any atom is -0.464 e. The van der Waals surface area contributed by atoms with Gasteiger partial charge in [-0.3, -0.25) is 29.2 Å². The monoisotopic (exact) mass is 1080 g/mol. The predicted octanol–water partition coefficient (Wildman–Crippen LogP) is 6.05. The number of amides is 5. The van der Waals surface area contributed by atoms with Crippen LogP contribution in [0.15, 0.2) is 41.9 Å². The minimum absolute atomic E-state index is 0. The number of hydrogen-bond acceptors (Lipinski definition) is 11. The first-order valence-corrected chi connectivity index (χ1v) is 23.8. The molecular weight excluding hydrogens is 1010 g/mol. The second-order valence-corrected chi connectivity index (χ2v) is 20.3. The number of fused-ring (bicyclic) bond motifs is 6. The molecule has 4 aliphatic rings. The lowest BCUT2D eigenvalue weighted by atomic mass is 9.84. The van der Waals surface area contributed by atoms with E-state index in [9.17, 15) is 24.0 Å². The van der Waals surface area contributed by atoms with Crippen molar-refractivity contribution in [1.82, 2.24) is 45.4 Å². The number of likely N-dealkylation sites (tertiary alicyclic amines) is 1. The fourth-order valence-corrected chi connectivity index (χ4v) is 11.1. The molecule has 0 radical (unpaired) electrons. The molecule has 0 saturated carbocycles. The Kier molecular flexibility index (Phi) is 21.5. The van der Waals surface area contributed by atoms with Gasteiger partial charge in [-0.2, -0.15) is 67.5 Å². The lowest BCUT2D eigenvalue weighted by Gasteiger charge is -2.37. The van der Waals surface area contributed by atoms with Crippen LogP contribution < -0.4 is 16.1 Å². The number of aromatic nitrogens is 3. The van der Waals surface area contributed by atoms with Crippen LogP contribution in [-0.2, 0) is 48.0 Å². The molecule has 3 aromatic heterocycles. The first-order valence-electron chi connectivity index (χ1n) is 23.0. The second kappa shape index (κ2) is 24.9. The Morgan fingerprint density at radius 3 is 2.47 bits per heavy atom. The van der Waals surface area contributed by atoms with Gasteiger partial charge in [0.05, 0.1) is 40.2 Å². The van der Waals surface area contributed by atoms with E-state index in [1.54, 1.807) is 25.3 Å². The van der Waals surface area contributed by atoms with E-state index >= 15 is 0 Å². The molecule has 0 unspecified atom stereocenters. The van der Waals surface area contributed by atoms with Crippen LogP contribution in [0.5, 0.6) is 0 Å². The Labute approximate surface area is 450 Å². The number of rotatable bonds is 8. The first-order chi connectivity index (χ1) is 31.0. The Hall–Kier alpha value is -3.64. The summed E-state index contributed by atoms with van der Waals surface area (Å²) in [7, 11) is 3.29. The van der Waals surface area contributed by atoms with Crippen molar-refractivity contribution < 1.29 is 33.4 Å². The number of aryl methyl sites for hydroxylation is 1. The summed E-state index contributed by atoms with van der Waals surface area (Å²) in [4.78, 5) is 82.7. The maximum absolute atomic E-state index is 14.6. The molecule has 16 nitrogen and oxygen atoms in total. The van der Waals surface area contributed by atoms with Gasteiger partial charge in [-0.05, 0) is 81.7 Å². The molecule has 4 aliphatic heterocycles. The van der Waals surface area contributed by atoms with Gasteiger partial charge in [-0.25, -0.2) is 15.2 Å². The van der Waals surface area contributed by atoms with E-state index in [0.717, 1.165) is 44.7 Å². The molecule has 5 amide bonds. The van der Waals surface area contributed by atoms with Crippen molar-refractivity contribution in [3.05, 3.63) is 58.2 Å². The molecular formula is C48H73N9O7S6. The highest BCUT2D eigenvalue weighted by molar-refractivity contribution is 7.60. The molecule has 8 rings (SSSR count). The van der Waals surface area contributed by atoms with Gasteiger partial charge in [-0.15, -0.1) is 11.3 Å². The number of ether oxygens (including phenoxy) is 2. The fraction of sp³-hybridized carbons (Fsp3) is 0.562. The maximum Gasteiger partial charge on any atom is 0.324 e. The largest absolute Gasteiger partial charge is 0.464 e. The normalized spacial score (nSPS) is 21.7. The van der Waals surface area contributed by atoms with Gasteiger partial charge in [0.2, 0.25) is 11.8 Å². The number of nitrogens with zero attached hydrogens (tertiary/aromatic N) is 6. The van der Waals surface area contributed by atoms with Crippen LogP contribution >= 0.6 is 78.8 Å². The van der Waals surface area contributed by atoms with Gasteiger partial charge in [0.1, 0.15) is 18.1 Å².